The first-order valence-corrected chi connectivity index (χ1v) is 8.01. The zero-order valence-corrected chi connectivity index (χ0v) is 12.7. The van der Waals surface area contributed by atoms with E-state index in [-0.39, 0.29) is 36.1 Å². The van der Waals surface area contributed by atoms with Gasteiger partial charge in [0.25, 0.3) is 0 Å². The van der Waals surface area contributed by atoms with E-state index in [1.807, 2.05) is 26.0 Å². The predicted octanol–water partition coefficient (Wildman–Crippen LogP) is 1.89. The third kappa shape index (κ3) is 1.02. The average Bonchev–Trinajstić information content (AvgIpc) is 2.78. The van der Waals surface area contributed by atoms with Gasteiger partial charge in [-0.05, 0) is 42.4 Å². The Balaban J connectivity index is 1.93. The van der Waals surface area contributed by atoms with Gasteiger partial charge in [-0.2, -0.15) is 0 Å². The van der Waals surface area contributed by atoms with Crippen molar-refractivity contribution in [3.8, 4) is 0 Å². The molecule has 1 N–H and O–H groups in total. The monoisotopic (exact) mass is 298 g/mol. The van der Waals surface area contributed by atoms with E-state index in [4.69, 9.17) is 4.74 Å². The molecule has 0 aromatic heterocycles. The molecular formula is C18H18O4. The second-order valence-electron chi connectivity index (χ2n) is 7.51. The molecule has 1 spiro atoms. The highest BCUT2D eigenvalue weighted by atomic mass is 16.6. The van der Waals surface area contributed by atoms with Crippen molar-refractivity contribution < 1.29 is 19.4 Å². The number of fused-ring (bicyclic) bond motifs is 2. The summed E-state index contributed by atoms with van der Waals surface area (Å²) < 4.78 is 5.63. The minimum atomic E-state index is -1.23. The molecule has 4 heteroatoms. The smallest absolute Gasteiger partial charge is 0.316 e. The van der Waals surface area contributed by atoms with Crippen molar-refractivity contribution in [1.82, 2.24) is 0 Å². The molecule has 2 saturated heterocycles. The number of Topliss-reactive ketones (excluding diaryl/α,β-unsaturated/α-hetero) is 1. The predicted molar refractivity (Wildman–Crippen MR) is 77.3 cm³/mol. The van der Waals surface area contributed by atoms with Crippen molar-refractivity contribution in [2.45, 2.75) is 44.8 Å². The van der Waals surface area contributed by atoms with E-state index in [0.29, 0.717) is 12.0 Å². The highest BCUT2D eigenvalue weighted by Crippen LogP contribution is 2.69. The summed E-state index contributed by atoms with van der Waals surface area (Å²) >= 11 is 0. The highest BCUT2D eigenvalue weighted by molar-refractivity contribution is 6.04. The SMILES string of the molecule is Cc1ccc2c3c1C[C@@H]1[C@@H]4C[C@@H](C)C(CC2=O)(C(=O)O4)[C@]31O. The van der Waals surface area contributed by atoms with Crippen molar-refractivity contribution in [3.05, 3.63) is 34.4 Å². The van der Waals surface area contributed by atoms with E-state index >= 15 is 0 Å². The van der Waals surface area contributed by atoms with E-state index in [2.05, 4.69) is 0 Å². The number of rotatable bonds is 0. The molecule has 3 fully saturated rings. The third-order valence-corrected chi connectivity index (χ3v) is 6.81. The molecule has 4 nitrogen and oxygen atoms in total. The second kappa shape index (κ2) is 3.46. The molecule has 1 unspecified atom stereocenters. The van der Waals surface area contributed by atoms with Gasteiger partial charge in [-0.25, -0.2) is 0 Å². The molecule has 1 saturated carbocycles. The standard InChI is InChI=1S/C18H18O4/c1-8-3-4-10-13(19)7-17-9(2)5-14(22-16(17)20)12-6-11(8)15(10)18(12,17)21/h3-4,9,12,14,21H,5-7H2,1-2H3/t9-,12-,14+,17?,18-/m1/s1. The summed E-state index contributed by atoms with van der Waals surface area (Å²) in [6, 6.07) is 3.78. The lowest BCUT2D eigenvalue weighted by Gasteiger charge is -2.61. The maximum atomic E-state index is 12.7. The lowest BCUT2D eigenvalue weighted by molar-refractivity contribution is -0.270. The highest BCUT2D eigenvalue weighted by Gasteiger charge is 2.76. The van der Waals surface area contributed by atoms with E-state index in [9.17, 15) is 14.7 Å². The van der Waals surface area contributed by atoms with Gasteiger partial charge >= 0.3 is 5.97 Å². The summed E-state index contributed by atoms with van der Waals surface area (Å²) in [6.45, 7) is 3.99. The molecule has 5 aliphatic rings. The zero-order valence-electron chi connectivity index (χ0n) is 12.7. The van der Waals surface area contributed by atoms with Gasteiger partial charge in [0.15, 0.2) is 5.78 Å². The van der Waals surface area contributed by atoms with Crippen LogP contribution in [0.25, 0.3) is 0 Å². The van der Waals surface area contributed by atoms with Gasteiger partial charge in [0.2, 0.25) is 0 Å². The van der Waals surface area contributed by atoms with Crippen molar-refractivity contribution >= 4 is 11.8 Å². The number of hydrogen-bond donors (Lipinski definition) is 1. The van der Waals surface area contributed by atoms with Crippen LogP contribution in [0.1, 0.15) is 46.8 Å². The Kier molecular flexibility index (Phi) is 2.01. The lowest BCUT2D eigenvalue weighted by Crippen LogP contribution is -2.71. The molecule has 0 amide bonds. The first-order valence-electron chi connectivity index (χ1n) is 8.01. The molecule has 2 bridgehead atoms. The maximum absolute atomic E-state index is 12.7. The Morgan fingerprint density at radius 1 is 1.32 bits per heavy atom. The molecule has 114 valence electrons. The summed E-state index contributed by atoms with van der Waals surface area (Å²) in [7, 11) is 0. The van der Waals surface area contributed by atoms with Crippen LogP contribution in [0.5, 0.6) is 0 Å². The Hall–Kier alpha value is -1.68. The number of ether oxygens (including phenoxy) is 1. The molecule has 1 aromatic rings. The summed E-state index contributed by atoms with van der Waals surface area (Å²) in [5.41, 5.74) is 1.18. The van der Waals surface area contributed by atoms with Crippen LogP contribution in [0.2, 0.25) is 0 Å². The van der Waals surface area contributed by atoms with Crippen LogP contribution < -0.4 is 0 Å². The molecule has 6 rings (SSSR count). The lowest BCUT2D eigenvalue weighted by atomic mass is 9.47. The molecule has 1 aromatic carbocycles. The van der Waals surface area contributed by atoms with Crippen LogP contribution in [0.15, 0.2) is 12.1 Å². The van der Waals surface area contributed by atoms with Gasteiger partial charge in [0.05, 0.1) is 0 Å². The first kappa shape index (κ1) is 12.8. The fraction of sp³-hybridized carbons (Fsp3) is 0.556. The Labute approximate surface area is 128 Å². The zero-order chi connectivity index (χ0) is 15.4. The Morgan fingerprint density at radius 3 is 2.82 bits per heavy atom. The third-order valence-electron chi connectivity index (χ3n) is 6.81. The quantitative estimate of drug-likeness (QED) is 0.743. The number of benzene rings is 1. The number of carbonyl (C=O) groups is 2. The summed E-state index contributed by atoms with van der Waals surface area (Å²) in [5.74, 6) is -0.554. The average molecular weight is 298 g/mol. The fourth-order valence-corrected chi connectivity index (χ4v) is 5.74. The summed E-state index contributed by atoms with van der Waals surface area (Å²) in [6.07, 6.45) is 1.28. The van der Waals surface area contributed by atoms with Crippen molar-refractivity contribution in [2.24, 2.45) is 17.3 Å². The van der Waals surface area contributed by atoms with Crippen molar-refractivity contribution in [1.29, 1.82) is 0 Å². The number of hydrogen-bond acceptors (Lipinski definition) is 4. The van der Waals surface area contributed by atoms with Gasteiger partial charge in [0, 0.05) is 17.9 Å². The number of ketones is 1. The minimum Gasteiger partial charge on any atom is -0.461 e. The van der Waals surface area contributed by atoms with E-state index in [1.54, 1.807) is 0 Å². The topological polar surface area (TPSA) is 63.6 Å². The Bertz CT molecular complexity index is 767. The second-order valence-corrected chi connectivity index (χ2v) is 7.51. The molecular weight excluding hydrogens is 280 g/mol. The minimum absolute atomic E-state index is 0.0364. The van der Waals surface area contributed by atoms with Crippen molar-refractivity contribution in [3.63, 3.8) is 0 Å². The van der Waals surface area contributed by atoms with Crippen LogP contribution in [-0.2, 0) is 21.6 Å². The molecule has 22 heavy (non-hydrogen) atoms. The Morgan fingerprint density at radius 2 is 2.09 bits per heavy atom. The summed E-state index contributed by atoms with van der Waals surface area (Å²) in [5, 5.41) is 11.8. The van der Waals surface area contributed by atoms with Crippen LogP contribution in [0.3, 0.4) is 0 Å². The largest absolute Gasteiger partial charge is 0.461 e. The first-order chi connectivity index (χ1) is 10.4. The van der Waals surface area contributed by atoms with Gasteiger partial charge < -0.3 is 9.84 Å². The normalized spacial score (nSPS) is 44.0. The molecule has 2 heterocycles. The number of aryl methyl sites for hydroxylation is 1. The van der Waals surface area contributed by atoms with Gasteiger partial charge in [0.1, 0.15) is 17.1 Å². The maximum Gasteiger partial charge on any atom is 0.316 e. The van der Waals surface area contributed by atoms with Crippen LogP contribution >= 0.6 is 0 Å². The van der Waals surface area contributed by atoms with E-state index in [0.717, 1.165) is 23.1 Å². The molecule has 5 atom stereocenters. The van der Waals surface area contributed by atoms with Crippen LogP contribution in [-0.4, -0.2) is 23.0 Å². The molecule has 0 radical (unpaired) electrons. The number of esters is 1. The molecule has 3 aliphatic carbocycles. The van der Waals surface area contributed by atoms with E-state index < -0.39 is 11.0 Å². The van der Waals surface area contributed by atoms with Gasteiger partial charge in [-0.15, -0.1) is 0 Å². The number of carbonyl (C=O) groups excluding carboxylic acids is 2. The molecule has 2 aliphatic heterocycles. The van der Waals surface area contributed by atoms with Crippen molar-refractivity contribution in [2.75, 3.05) is 0 Å². The van der Waals surface area contributed by atoms with Crippen LogP contribution in [0.4, 0.5) is 0 Å². The summed E-state index contributed by atoms with van der Waals surface area (Å²) in [4.78, 5) is 25.4. The van der Waals surface area contributed by atoms with E-state index in [1.165, 1.54) is 0 Å². The van der Waals surface area contributed by atoms with Crippen LogP contribution in [0, 0.1) is 24.2 Å². The fourth-order valence-electron chi connectivity index (χ4n) is 5.74. The number of aliphatic hydroxyl groups is 1. The van der Waals surface area contributed by atoms with Gasteiger partial charge in [-0.3, -0.25) is 9.59 Å². The van der Waals surface area contributed by atoms with Gasteiger partial charge in [-0.1, -0.05) is 19.1 Å².